The summed E-state index contributed by atoms with van der Waals surface area (Å²) in [6.45, 7) is 4.11. The maximum Gasteiger partial charge on any atom is 0.308 e. The monoisotopic (exact) mass is 391 g/mol. The van der Waals surface area contributed by atoms with Crippen LogP contribution in [0.2, 0.25) is 0 Å². The van der Waals surface area contributed by atoms with Gasteiger partial charge >= 0.3 is 5.97 Å². The van der Waals surface area contributed by atoms with Gasteiger partial charge in [-0.15, -0.1) is 17.0 Å². The molecule has 2 atom stereocenters. The molecule has 0 aliphatic carbocycles. The van der Waals surface area contributed by atoms with Crippen molar-refractivity contribution in [2.75, 3.05) is 6.61 Å². The van der Waals surface area contributed by atoms with Crippen LogP contribution in [0, 0.1) is 5.92 Å². The minimum Gasteiger partial charge on any atom is -0.466 e. The van der Waals surface area contributed by atoms with Crippen LogP contribution in [0.4, 0.5) is 0 Å². The highest BCUT2D eigenvalue weighted by Gasteiger charge is 2.17. The van der Waals surface area contributed by atoms with Crippen LogP contribution in [-0.4, -0.2) is 18.6 Å². The molecule has 0 spiro atoms. The van der Waals surface area contributed by atoms with E-state index in [1.807, 2.05) is 32.0 Å². The third-order valence-corrected chi connectivity index (χ3v) is 3.90. The molecule has 4 heteroatoms. The molecular weight excluding hydrogens is 366 g/mol. The predicted octanol–water partition coefficient (Wildman–Crippen LogP) is 4.39. The van der Waals surface area contributed by atoms with E-state index in [2.05, 4.69) is 36.4 Å². The molecule has 0 saturated carbocycles. The smallest absolute Gasteiger partial charge is 0.308 e. The van der Waals surface area contributed by atoms with Crippen LogP contribution < -0.4 is 5.73 Å². The van der Waals surface area contributed by atoms with Gasteiger partial charge in [-0.1, -0.05) is 61.5 Å². The first-order valence-corrected chi connectivity index (χ1v) is 8.16. The number of carbonyl (C=O) groups excluding carboxylic acids is 1. The highest BCUT2D eigenvalue weighted by atomic mass is 79.9. The van der Waals surface area contributed by atoms with Gasteiger partial charge in [0.15, 0.2) is 0 Å². The van der Waals surface area contributed by atoms with Crippen LogP contribution in [0.3, 0.4) is 0 Å². The fraction of sp³-hybridized carbons (Fsp3) is 0.350. The largest absolute Gasteiger partial charge is 0.466 e. The van der Waals surface area contributed by atoms with E-state index in [1.165, 1.54) is 16.7 Å². The second kappa shape index (κ2) is 10.3. The van der Waals surface area contributed by atoms with E-state index in [-0.39, 0.29) is 34.9 Å². The number of halogens is 1. The first kappa shape index (κ1) is 20.4. The fourth-order valence-electron chi connectivity index (χ4n) is 2.68. The summed E-state index contributed by atoms with van der Waals surface area (Å²) in [5, 5.41) is 0. The number of hydrogen-bond acceptors (Lipinski definition) is 3. The van der Waals surface area contributed by atoms with Crippen molar-refractivity contribution in [2.45, 2.75) is 32.7 Å². The number of rotatable bonds is 7. The van der Waals surface area contributed by atoms with Gasteiger partial charge in [0.2, 0.25) is 0 Å². The maximum absolute atomic E-state index is 11.7. The average molecular weight is 392 g/mol. The van der Waals surface area contributed by atoms with Crippen molar-refractivity contribution >= 4 is 23.0 Å². The van der Waals surface area contributed by atoms with Crippen molar-refractivity contribution in [1.29, 1.82) is 0 Å². The molecule has 0 bridgehead atoms. The third kappa shape index (κ3) is 6.10. The SMILES string of the molecule is Br.CCOC(=O)[C@H](C)C[C@H](N)Cc1ccc(-c2ccccc2)cc1. The Balaban J connectivity index is 0.00000288. The minimum absolute atomic E-state index is 0. The molecule has 2 N–H and O–H groups in total. The highest BCUT2D eigenvalue weighted by Crippen LogP contribution is 2.20. The van der Waals surface area contributed by atoms with Gasteiger partial charge in [0, 0.05) is 6.04 Å². The van der Waals surface area contributed by atoms with E-state index < -0.39 is 0 Å². The maximum atomic E-state index is 11.7. The van der Waals surface area contributed by atoms with Gasteiger partial charge in [0.1, 0.15) is 0 Å². The van der Waals surface area contributed by atoms with Gasteiger partial charge in [0.25, 0.3) is 0 Å². The fourth-order valence-corrected chi connectivity index (χ4v) is 2.68. The van der Waals surface area contributed by atoms with E-state index in [0.29, 0.717) is 13.0 Å². The van der Waals surface area contributed by atoms with E-state index in [0.717, 1.165) is 6.42 Å². The molecule has 0 aliphatic heterocycles. The zero-order chi connectivity index (χ0) is 16.7. The lowest BCUT2D eigenvalue weighted by Crippen LogP contribution is -2.29. The minimum atomic E-state index is -0.164. The Morgan fingerprint density at radius 1 is 1.04 bits per heavy atom. The Morgan fingerprint density at radius 3 is 2.21 bits per heavy atom. The Kier molecular flexibility index (Phi) is 8.72. The van der Waals surface area contributed by atoms with Crippen LogP contribution in [0.1, 0.15) is 25.8 Å². The number of benzene rings is 2. The van der Waals surface area contributed by atoms with Crippen molar-refractivity contribution in [3.8, 4) is 11.1 Å². The van der Waals surface area contributed by atoms with Gasteiger partial charge in [-0.05, 0) is 36.5 Å². The van der Waals surface area contributed by atoms with Crippen molar-refractivity contribution in [1.82, 2.24) is 0 Å². The Labute approximate surface area is 155 Å². The van der Waals surface area contributed by atoms with Crippen LogP contribution in [0.25, 0.3) is 11.1 Å². The first-order valence-electron chi connectivity index (χ1n) is 8.16. The summed E-state index contributed by atoms with van der Waals surface area (Å²) in [5.74, 6) is -0.323. The van der Waals surface area contributed by atoms with E-state index in [9.17, 15) is 4.79 Å². The Morgan fingerprint density at radius 2 is 1.62 bits per heavy atom. The van der Waals surface area contributed by atoms with Crippen LogP contribution in [0.15, 0.2) is 54.6 Å². The predicted molar refractivity (Wildman–Crippen MR) is 104 cm³/mol. The second-order valence-electron chi connectivity index (χ2n) is 5.92. The number of hydrogen-bond donors (Lipinski definition) is 1. The van der Waals surface area contributed by atoms with Crippen molar-refractivity contribution < 1.29 is 9.53 Å². The average Bonchev–Trinajstić information content (AvgIpc) is 2.56. The number of esters is 1. The van der Waals surface area contributed by atoms with Gasteiger partial charge in [-0.25, -0.2) is 0 Å². The Hall–Kier alpha value is -1.65. The third-order valence-electron chi connectivity index (χ3n) is 3.90. The molecule has 24 heavy (non-hydrogen) atoms. The lowest BCUT2D eigenvalue weighted by Gasteiger charge is -2.16. The summed E-state index contributed by atoms with van der Waals surface area (Å²) in [5.41, 5.74) is 9.77. The summed E-state index contributed by atoms with van der Waals surface area (Å²) in [7, 11) is 0. The summed E-state index contributed by atoms with van der Waals surface area (Å²) in [6, 6.07) is 18.7. The van der Waals surface area contributed by atoms with Crippen molar-refractivity contribution in [3.05, 3.63) is 60.2 Å². The number of carbonyl (C=O) groups is 1. The lowest BCUT2D eigenvalue weighted by molar-refractivity contribution is -0.147. The highest BCUT2D eigenvalue weighted by molar-refractivity contribution is 8.93. The summed E-state index contributed by atoms with van der Waals surface area (Å²) >= 11 is 0. The quantitative estimate of drug-likeness (QED) is 0.711. The van der Waals surface area contributed by atoms with Gasteiger partial charge < -0.3 is 10.5 Å². The molecule has 0 saturated heterocycles. The standard InChI is InChI=1S/C20H25NO2.BrH/c1-3-23-20(22)15(2)13-19(21)14-16-9-11-18(12-10-16)17-7-5-4-6-8-17;/h4-12,15,19H,3,13-14,21H2,1-2H3;1H/t15-,19+;/m1./s1. The molecule has 2 rings (SSSR count). The van der Waals surface area contributed by atoms with Gasteiger partial charge in [0.05, 0.1) is 12.5 Å². The van der Waals surface area contributed by atoms with Crippen LogP contribution in [0.5, 0.6) is 0 Å². The van der Waals surface area contributed by atoms with Crippen molar-refractivity contribution in [2.24, 2.45) is 11.7 Å². The van der Waals surface area contributed by atoms with Crippen LogP contribution >= 0.6 is 17.0 Å². The van der Waals surface area contributed by atoms with E-state index in [1.54, 1.807) is 0 Å². The molecule has 0 radical (unpaired) electrons. The molecule has 0 heterocycles. The molecular formula is C20H26BrNO2. The lowest BCUT2D eigenvalue weighted by atomic mass is 9.95. The van der Waals surface area contributed by atoms with E-state index in [4.69, 9.17) is 10.5 Å². The zero-order valence-electron chi connectivity index (χ0n) is 14.3. The first-order chi connectivity index (χ1) is 11.1. The molecule has 3 nitrogen and oxygen atoms in total. The van der Waals surface area contributed by atoms with Crippen molar-refractivity contribution in [3.63, 3.8) is 0 Å². The topological polar surface area (TPSA) is 52.3 Å². The Bertz CT molecular complexity index is 613. The molecule has 0 aromatic heterocycles. The number of ether oxygens (including phenoxy) is 1. The summed E-state index contributed by atoms with van der Waals surface area (Å²) < 4.78 is 5.02. The van der Waals surface area contributed by atoms with E-state index >= 15 is 0 Å². The van der Waals surface area contributed by atoms with Gasteiger partial charge in [-0.3, -0.25) is 4.79 Å². The summed E-state index contributed by atoms with van der Waals surface area (Å²) in [4.78, 5) is 11.7. The molecule has 130 valence electrons. The normalized spacial score (nSPS) is 12.8. The van der Waals surface area contributed by atoms with Crippen LogP contribution in [-0.2, 0) is 16.0 Å². The molecule has 0 amide bonds. The molecule has 2 aromatic carbocycles. The summed E-state index contributed by atoms with van der Waals surface area (Å²) in [6.07, 6.45) is 1.40. The molecule has 0 unspecified atom stereocenters. The van der Waals surface area contributed by atoms with Gasteiger partial charge in [-0.2, -0.15) is 0 Å². The second-order valence-corrected chi connectivity index (χ2v) is 5.92. The number of nitrogens with two attached hydrogens (primary N) is 1. The molecule has 2 aromatic rings. The molecule has 0 fully saturated rings. The molecule has 0 aliphatic rings. The zero-order valence-corrected chi connectivity index (χ0v) is 16.0.